The second-order valence-electron chi connectivity index (χ2n) is 5.05. The molecule has 1 aromatic carbocycles. The first-order chi connectivity index (χ1) is 8.72. The summed E-state index contributed by atoms with van der Waals surface area (Å²) >= 11 is 0. The van der Waals surface area contributed by atoms with Crippen molar-refractivity contribution < 1.29 is 4.74 Å². The normalized spacial score (nSPS) is 22.6. The van der Waals surface area contributed by atoms with Gasteiger partial charge in [0.25, 0.3) is 0 Å². The molecule has 1 aromatic rings. The molecule has 3 heteroatoms. The lowest BCUT2D eigenvalue weighted by Crippen LogP contribution is -2.31. The van der Waals surface area contributed by atoms with Gasteiger partial charge in [0.05, 0.1) is 6.10 Å². The first-order valence-corrected chi connectivity index (χ1v) is 6.85. The van der Waals surface area contributed by atoms with Gasteiger partial charge in [-0.2, -0.15) is 0 Å². The van der Waals surface area contributed by atoms with E-state index in [9.17, 15) is 0 Å². The molecule has 0 radical (unpaired) electrons. The van der Waals surface area contributed by atoms with Gasteiger partial charge < -0.3 is 15.0 Å². The summed E-state index contributed by atoms with van der Waals surface area (Å²) in [6.07, 6.45) is 1.41. The van der Waals surface area contributed by atoms with Gasteiger partial charge in [0.1, 0.15) is 0 Å². The van der Waals surface area contributed by atoms with Gasteiger partial charge in [-0.25, -0.2) is 0 Å². The zero-order valence-corrected chi connectivity index (χ0v) is 11.6. The van der Waals surface area contributed by atoms with Gasteiger partial charge in [-0.05, 0) is 38.9 Å². The van der Waals surface area contributed by atoms with Crippen LogP contribution >= 0.6 is 0 Å². The fourth-order valence-electron chi connectivity index (χ4n) is 2.51. The average Bonchev–Trinajstić information content (AvgIpc) is 2.62. The van der Waals surface area contributed by atoms with Crippen molar-refractivity contribution in [1.29, 1.82) is 0 Å². The summed E-state index contributed by atoms with van der Waals surface area (Å²) < 4.78 is 5.72. The van der Waals surface area contributed by atoms with E-state index in [0.29, 0.717) is 12.1 Å². The Morgan fingerprint density at radius 2 is 2.17 bits per heavy atom. The average molecular weight is 248 g/mol. The summed E-state index contributed by atoms with van der Waals surface area (Å²) in [6.45, 7) is 7.30. The van der Waals surface area contributed by atoms with Crippen molar-refractivity contribution in [2.45, 2.75) is 32.4 Å². The first kappa shape index (κ1) is 13.4. The van der Waals surface area contributed by atoms with Crippen LogP contribution in [-0.4, -0.2) is 32.8 Å². The molecule has 0 amide bonds. The Labute approximate surface area is 110 Å². The summed E-state index contributed by atoms with van der Waals surface area (Å²) in [7, 11) is 2.01. The van der Waals surface area contributed by atoms with E-state index in [-0.39, 0.29) is 0 Å². The van der Waals surface area contributed by atoms with Crippen molar-refractivity contribution >= 4 is 5.69 Å². The van der Waals surface area contributed by atoms with Gasteiger partial charge in [0, 0.05) is 31.4 Å². The highest BCUT2D eigenvalue weighted by Crippen LogP contribution is 2.27. The molecule has 1 saturated heterocycles. The van der Waals surface area contributed by atoms with Crippen LogP contribution in [0, 0.1) is 0 Å². The van der Waals surface area contributed by atoms with Crippen molar-refractivity contribution in [2.24, 2.45) is 0 Å². The molecule has 100 valence electrons. The Balaban J connectivity index is 2.25. The molecular weight excluding hydrogens is 224 g/mol. The SMILES string of the molecule is CNC(C)c1ccccc1N1CCCOC(C)C1. The monoisotopic (exact) mass is 248 g/mol. The van der Waals surface area contributed by atoms with Gasteiger partial charge >= 0.3 is 0 Å². The smallest absolute Gasteiger partial charge is 0.0721 e. The van der Waals surface area contributed by atoms with E-state index in [4.69, 9.17) is 4.74 Å². The summed E-state index contributed by atoms with van der Waals surface area (Å²) in [5.74, 6) is 0. The largest absolute Gasteiger partial charge is 0.377 e. The maximum atomic E-state index is 5.72. The van der Waals surface area contributed by atoms with Crippen molar-refractivity contribution in [1.82, 2.24) is 5.32 Å². The molecule has 0 saturated carbocycles. The van der Waals surface area contributed by atoms with E-state index in [1.54, 1.807) is 0 Å². The number of hydrogen-bond acceptors (Lipinski definition) is 3. The highest BCUT2D eigenvalue weighted by Gasteiger charge is 2.19. The number of nitrogens with one attached hydrogen (secondary N) is 1. The second-order valence-corrected chi connectivity index (χ2v) is 5.05. The molecule has 0 aromatic heterocycles. The quantitative estimate of drug-likeness (QED) is 0.890. The zero-order valence-electron chi connectivity index (χ0n) is 11.6. The van der Waals surface area contributed by atoms with E-state index in [2.05, 4.69) is 48.3 Å². The van der Waals surface area contributed by atoms with Crippen LogP contribution in [0.15, 0.2) is 24.3 Å². The molecule has 1 fully saturated rings. The molecule has 0 aliphatic carbocycles. The lowest BCUT2D eigenvalue weighted by atomic mass is 10.0. The minimum Gasteiger partial charge on any atom is -0.377 e. The topological polar surface area (TPSA) is 24.5 Å². The molecule has 1 aliphatic heterocycles. The van der Waals surface area contributed by atoms with E-state index >= 15 is 0 Å². The maximum Gasteiger partial charge on any atom is 0.0721 e. The molecule has 18 heavy (non-hydrogen) atoms. The van der Waals surface area contributed by atoms with Gasteiger partial charge in [0.15, 0.2) is 0 Å². The van der Waals surface area contributed by atoms with E-state index in [0.717, 1.165) is 26.1 Å². The van der Waals surface area contributed by atoms with Crippen LogP contribution < -0.4 is 10.2 Å². The van der Waals surface area contributed by atoms with Gasteiger partial charge in [0.2, 0.25) is 0 Å². The van der Waals surface area contributed by atoms with E-state index in [1.165, 1.54) is 11.3 Å². The Hall–Kier alpha value is -1.06. The summed E-state index contributed by atoms with van der Waals surface area (Å²) in [4.78, 5) is 2.46. The van der Waals surface area contributed by atoms with Crippen molar-refractivity contribution in [2.75, 3.05) is 31.6 Å². The Morgan fingerprint density at radius 3 is 2.94 bits per heavy atom. The minimum atomic E-state index is 0.311. The summed E-state index contributed by atoms with van der Waals surface area (Å²) in [6, 6.07) is 9.05. The lowest BCUT2D eigenvalue weighted by molar-refractivity contribution is 0.0821. The zero-order chi connectivity index (χ0) is 13.0. The fourth-order valence-corrected chi connectivity index (χ4v) is 2.51. The maximum absolute atomic E-state index is 5.72. The number of ether oxygens (including phenoxy) is 1. The molecule has 2 atom stereocenters. The molecule has 3 nitrogen and oxygen atoms in total. The predicted octanol–water partition coefficient (Wildman–Crippen LogP) is 2.58. The van der Waals surface area contributed by atoms with Gasteiger partial charge in [-0.1, -0.05) is 18.2 Å². The standard InChI is InChI=1S/C15H24N2O/c1-12-11-17(9-6-10-18-12)15-8-5-4-7-14(15)13(2)16-3/h4-5,7-8,12-13,16H,6,9-11H2,1-3H3. The Kier molecular flexibility index (Phi) is 4.61. The van der Waals surface area contributed by atoms with Crippen molar-refractivity contribution in [3.63, 3.8) is 0 Å². The summed E-state index contributed by atoms with van der Waals surface area (Å²) in [5.41, 5.74) is 2.71. The third kappa shape index (κ3) is 3.03. The predicted molar refractivity (Wildman–Crippen MR) is 76.2 cm³/mol. The van der Waals surface area contributed by atoms with Crippen molar-refractivity contribution in [3.8, 4) is 0 Å². The van der Waals surface area contributed by atoms with E-state index < -0.39 is 0 Å². The van der Waals surface area contributed by atoms with Gasteiger partial charge in [-0.3, -0.25) is 0 Å². The highest BCUT2D eigenvalue weighted by atomic mass is 16.5. The van der Waals surface area contributed by atoms with Crippen LogP contribution in [0.4, 0.5) is 5.69 Å². The Morgan fingerprint density at radius 1 is 1.39 bits per heavy atom. The number of benzene rings is 1. The number of anilines is 1. The molecule has 0 bridgehead atoms. The molecule has 2 unspecified atom stereocenters. The van der Waals surface area contributed by atoms with Crippen LogP contribution in [-0.2, 0) is 4.74 Å². The van der Waals surface area contributed by atoms with Gasteiger partial charge in [-0.15, -0.1) is 0 Å². The molecule has 2 rings (SSSR count). The fraction of sp³-hybridized carbons (Fsp3) is 0.600. The lowest BCUT2D eigenvalue weighted by Gasteiger charge is -2.28. The van der Waals surface area contributed by atoms with E-state index in [1.807, 2.05) is 7.05 Å². The molecule has 0 spiro atoms. The molecule has 1 aliphatic rings. The number of rotatable bonds is 3. The highest BCUT2D eigenvalue weighted by molar-refractivity contribution is 5.55. The third-order valence-electron chi connectivity index (χ3n) is 3.63. The first-order valence-electron chi connectivity index (χ1n) is 6.85. The van der Waals surface area contributed by atoms with Crippen LogP contribution in [0.25, 0.3) is 0 Å². The molecular formula is C15H24N2O. The third-order valence-corrected chi connectivity index (χ3v) is 3.63. The molecule has 1 N–H and O–H groups in total. The Bertz CT molecular complexity index is 381. The number of nitrogens with zero attached hydrogens (tertiary/aromatic N) is 1. The van der Waals surface area contributed by atoms with Crippen LogP contribution in [0.3, 0.4) is 0 Å². The second kappa shape index (κ2) is 6.21. The number of hydrogen-bond donors (Lipinski definition) is 1. The molecule has 1 heterocycles. The number of para-hydroxylation sites is 1. The van der Waals surface area contributed by atoms with Crippen LogP contribution in [0.1, 0.15) is 31.9 Å². The van der Waals surface area contributed by atoms with Crippen molar-refractivity contribution in [3.05, 3.63) is 29.8 Å². The van der Waals surface area contributed by atoms with Crippen LogP contribution in [0.2, 0.25) is 0 Å². The minimum absolute atomic E-state index is 0.311. The summed E-state index contributed by atoms with van der Waals surface area (Å²) in [5, 5.41) is 3.33. The van der Waals surface area contributed by atoms with Crippen LogP contribution in [0.5, 0.6) is 0 Å².